The topological polar surface area (TPSA) is 68.4 Å². The Balaban J connectivity index is 1.60. The van der Waals surface area contributed by atoms with Crippen LogP contribution < -0.4 is 5.32 Å². The Hall–Kier alpha value is -1.04. The zero-order valence-electron chi connectivity index (χ0n) is 10.9. The first kappa shape index (κ1) is 14.4. The number of nitrogens with one attached hydrogen (secondary N) is 2. The van der Waals surface area contributed by atoms with Crippen molar-refractivity contribution in [2.75, 3.05) is 26.2 Å². The van der Waals surface area contributed by atoms with Crippen molar-refractivity contribution >= 4 is 17.5 Å². The van der Waals surface area contributed by atoms with Crippen LogP contribution in [0.25, 0.3) is 0 Å². The van der Waals surface area contributed by atoms with E-state index in [4.69, 9.17) is 11.6 Å². The Morgan fingerprint density at radius 2 is 2.26 bits per heavy atom. The van der Waals surface area contributed by atoms with Crippen molar-refractivity contribution in [3.8, 4) is 0 Å². The van der Waals surface area contributed by atoms with E-state index in [0.717, 1.165) is 38.9 Å². The predicted octanol–water partition coefficient (Wildman–Crippen LogP) is 1.24. The molecule has 1 aromatic rings. The number of H-pyrrole nitrogens is 1. The van der Waals surface area contributed by atoms with E-state index in [1.54, 1.807) is 12.3 Å². The van der Waals surface area contributed by atoms with Crippen molar-refractivity contribution in [3.63, 3.8) is 0 Å². The molecule has 1 saturated heterocycles. The molecule has 2 heterocycles. The van der Waals surface area contributed by atoms with Crippen molar-refractivity contribution < 1.29 is 9.90 Å². The fourth-order valence-electron chi connectivity index (χ4n) is 2.24. The molecule has 5 nitrogen and oxygen atoms in total. The third-order valence-electron chi connectivity index (χ3n) is 3.39. The molecule has 0 aliphatic carbocycles. The summed E-state index contributed by atoms with van der Waals surface area (Å²) in [4.78, 5) is 16.8. The predicted molar refractivity (Wildman–Crippen MR) is 74.4 cm³/mol. The molecule has 0 atom stereocenters. The number of aromatic amines is 1. The largest absolute Gasteiger partial charge is 0.393 e. The highest BCUT2D eigenvalue weighted by Gasteiger charge is 2.16. The van der Waals surface area contributed by atoms with Crippen molar-refractivity contribution in [1.29, 1.82) is 0 Å². The summed E-state index contributed by atoms with van der Waals surface area (Å²) in [6, 6.07) is 1.61. The lowest BCUT2D eigenvalue weighted by molar-refractivity contribution is 0.0816. The minimum absolute atomic E-state index is 0.124. The van der Waals surface area contributed by atoms with Gasteiger partial charge < -0.3 is 20.3 Å². The Morgan fingerprint density at radius 3 is 2.89 bits per heavy atom. The maximum atomic E-state index is 11.7. The van der Waals surface area contributed by atoms with Gasteiger partial charge in [-0.3, -0.25) is 4.79 Å². The number of rotatable bonds is 5. The van der Waals surface area contributed by atoms with Crippen LogP contribution in [-0.2, 0) is 0 Å². The van der Waals surface area contributed by atoms with Crippen LogP contribution in [0, 0.1) is 0 Å². The summed E-state index contributed by atoms with van der Waals surface area (Å²) < 4.78 is 0. The van der Waals surface area contributed by atoms with Crippen molar-refractivity contribution in [1.82, 2.24) is 15.2 Å². The summed E-state index contributed by atoms with van der Waals surface area (Å²) in [6.45, 7) is 3.50. The van der Waals surface area contributed by atoms with Crippen LogP contribution in [0.2, 0.25) is 5.02 Å². The van der Waals surface area contributed by atoms with E-state index in [0.29, 0.717) is 17.3 Å². The van der Waals surface area contributed by atoms with Gasteiger partial charge in [0.15, 0.2) is 0 Å². The molecule has 1 aliphatic heterocycles. The molecule has 1 fully saturated rings. The molecule has 0 bridgehead atoms. The minimum atomic E-state index is -0.131. The lowest BCUT2D eigenvalue weighted by Gasteiger charge is -2.29. The average Bonchev–Trinajstić information content (AvgIpc) is 2.83. The van der Waals surface area contributed by atoms with Gasteiger partial charge in [-0.2, -0.15) is 0 Å². The lowest BCUT2D eigenvalue weighted by atomic mass is 10.1. The molecule has 6 heteroatoms. The summed E-state index contributed by atoms with van der Waals surface area (Å²) in [5.41, 5.74) is 0.492. The van der Waals surface area contributed by atoms with Gasteiger partial charge in [0.05, 0.1) is 11.1 Å². The molecular formula is C13H20ClN3O2. The number of hydrogen-bond acceptors (Lipinski definition) is 3. The van der Waals surface area contributed by atoms with Crippen LogP contribution in [0.5, 0.6) is 0 Å². The number of carbonyl (C=O) groups excluding carboxylic acids is 1. The Kier molecular flexibility index (Phi) is 5.24. The number of piperidine rings is 1. The van der Waals surface area contributed by atoms with E-state index in [1.165, 1.54) is 0 Å². The smallest absolute Gasteiger partial charge is 0.267 e. The first-order chi connectivity index (χ1) is 9.15. The van der Waals surface area contributed by atoms with Gasteiger partial charge in [-0.25, -0.2) is 0 Å². The van der Waals surface area contributed by atoms with Gasteiger partial charge in [-0.1, -0.05) is 11.6 Å². The van der Waals surface area contributed by atoms with Crippen molar-refractivity contribution in [2.45, 2.75) is 25.4 Å². The molecule has 2 rings (SSSR count). The number of likely N-dealkylation sites (tertiary alicyclic amines) is 1. The minimum Gasteiger partial charge on any atom is -0.393 e. The van der Waals surface area contributed by atoms with Gasteiger partial charge in [0.1, 0.15) is 5.69 Å². The standard InChI is InChI=1S/C13H20ClN3O2/c14-10-8-12(16-9-10)13(19)15-4-1-5-17-6-2-11(18)3-7-17/h8-9,11,16,18H,1-7H2,(H,15,19). The molecule has 106 valence electrons. The molecule has 3 N–H and O–H groups in total. The number of amides is 1. The second-order valence-electron chi connectivity index (χ2n) is 4.91. The van der Waals surface area contributed by atoms with Gasteiger partial charge in [0.2, 0.25) is 0 Å². The third kappa shape index (κ3) is 4.53. The highest BCUT2D eigenvalue weighted by Crippen LogP contribution is 2.10. The molecule has 19 heavy (non-hydrogen) atoms. The van der Waals surface area contributed by atoms with Gasteiger partial charge in [-0.15, -0.1) is 0 Å². The highest BCUT2D eigenvalue weighted by molar-refractivity contribution is 6.30. The quantitative estimate of drug-likeness (QED) is 0.713. The highest BCUT2D eigenvalue weighted by atomic mass is 35.5. The summed E-state index contributed by atoms with van der Waals surface area (Å²) in [5, 5.41) is 12.8. The van der Waals surface area contributed by atoms with E-state index in [1.807, 2.05) is 0 Å². The second kappa shape index (κ2) is 6.93. The molecule has 0 saturated carbocycles. The normalized spacial score (nSPS) is 17.6. The number of carbonyl (C=O) groups is 1. The zero-order chi connectivity index (χ0) is 13.7. The monoisotopic (exact) mass is 285 g/mol. The Morgan fingerprint density at radius 1 is 1.53 bits per heavy atom. The summed E-state index contributed by atoms with van der Waals surface area (Å²) in [5.74, 6) is -0.124. The van der Waals surface area contributed by atoms with Crippen LogP contribution >= 0.6 is 11.6 Å². The molecule has 0 aromatic carbocycles. The fraction of sp³-hybridized carbons (Fsp3) is 0.615. The van der Waals surface area contributed by atoms with Crippen LogP contribution in [0.3, 0.4) is 0 Å². The molecular weight excluding hydrogens is 266 g/mol. The SMILES string of the molecule is O=C(NCCCN1CCC(O)CC1)c1cc(Cl)c[nH]1. The lowest BCUT2D eigenvalue weighted by Crippen LogP contribution is -2.37. The molecule has 1 aromatic heterocycles. The molecule has 1 amide bonds. The maximum Gasteiger partial charge on any atom is 0.267 e. The van der Waals surface area contributed by atoms with Crippen LogP contribution in [-0.4, -0.2) is 53.2 Å². The first-order valence-corrected chi connectivity index (χ1v) is 7.05. The van der Waals surface area contributed by atoms with Crippen molar-refractivity contribution in [3.05, 3.63) is 23.0 Å². The average molecular weight is 286 g/mol. The van der Waals surface area contributed by atoms with Crippen molar-refractivity contribution in [2.24, 2.45) is 0 Å². The maximum absolute atomic E-state index is 11.7. The second-order valence-corrected chi connectivity index (χ2v) is 5.35. The number of aliphatic hydroxyl groups is 1. The number of aliphatic hydroxyl groups excluding tert-OH is 1. The molecule has 0 unspecified atom stereocenters. The van der Waals surface area contributed by atoms with Crippen LogP contribution in [0.1, 0.15) is 29.8 Å². The summed E-state index contributed by atoms with van der Waals surface area (Å²) in [7, 11) is 0. The Labute approximate surface area is 117 Å². The van der Waals surface area contributed by atoms with E-state index >= 15 is 0 Å². The fourth-order valence-corrected chi connectivity index (χ4v) is 2.41. The summed E-state index contributed by atoms with van der Waals surface area (Å²) >= 11 is 5.74. The van der Waals surface area contributed by atoms with Gasteiger partial charge >= 0.3 is 0 Å². The molecule has 0 radical (unpaired) electrons. The number of nitrogens with zero attached hydrogens (tertiary/aromatic N) is 1. The third-order valence-corrected chi connectivity index (χ3v) is 3.60. The molecule has 1 aliphatic rings. The van der Waals surface area contributed by atoms with Gasteiger partial charge in [0, 0.05) is 25.8 Å². The number of aromatic nitrogens is 1. The molecule has 0 spiro atoms. The van der Waals surface area contributed by atoms with E-state index < -0.39 is 0 Å². The van der Waals surface area contributed by atoms with Gasteiger partial charge in [0.25, 0.3) is 5.91 Å². The van der Waals surface area contributed by atoms with E-state index in [2.05, 4.69) is 15.2 Å². The van der Waals surface area contributed by atoms with Gasteiger partial charge in [-0.05, 0) is 31.9 Å². The first-order valence-electron chi connectivity index (χ1n) is 6.67. The van der Waals surface area contributed by atoms with Crippen LogP contribution in [0.15, 0.2) is 12.3 Å². The zero-order valence-corrected chi connectivity index (χ0v) is 11.6. The van der Waals surface area contributed by atoms with Crippen LogP contribution in [0.4, 0.5) is 0 Å². The number of hydrogen-bond donors (Lipinski definition) is 3. The summed E-state index contributed by atoms with van der Waals surface area (Å²) in [6.07, 6.45) is 4.08. The van der Waals surface area contributed by atoms with E-state index in [-0.39, 0.29) is 12.0 Å². The Bertz CT molecular complexity index is 414. The van der Waals surface area contributed by atoms with E-state index in [9.17, 15) is 9.90 Å². The number of halogens is 1.